The topological polar surface area (TPSA) is 38.0 Å². The quantitative estimate of drug-likeness (QED) is 0.853. The number of rotatable bonds is 5. The van der Waals surface area contributed by atoms with Gasteiger partial charge in [-0.25, -0.2) is 0 Å². The van der Waals surface area contributed by atoms with Gasteiger partial charge in [-0.1, -0.05) is 32.6 Å². The lowest BCUT2D eigenvalue weighted by molar-refractivity contribution is 0.220. The van der Waals surface area contributed by atoms with E-state index in [1.54, 1.807) is 0 Å². The van der Waals surface area contributed by atoms with E-state index in [9.17, 15) is 5.11 Å². The Kier molecular flexibility index (Phi) is 4.60. The maximum atomic E-state index is 9.21. The first-order valence-corrected chi connectivity index (χ1v) is 6.98. The molecule has 2 rings (SSSR count). The van der Waals surface area contributed by atoms with Crippen LogP contribution in [0.25, 0.3) is 0 Å². The van der Waals surface area contributed by atoms with Gasteiger partial charge in [0.2, 0.25) is 0 Å². The third-order valence-electron chi connectivity index (χ3n) is 3.95. The van der Waals surface area contributed by atoms with Gasteiger partial charge in [-0.05, 0) is 31.2 Å². The van der Waals surface area contributed by atoms with Crippen molar-refractivity contribution in [2.45, 2.75) is 57.9 Å². The van der Waals surface area contributed by atoms with Crippen LogP contribution in [0.3, 0.4) is 0 Å². The van der Waals surface area contributed by atoms with E-state index < -0.39 is 0 Å². The SMILES string of the molecule is CCC(CO)Cc1ccn(C2CCCCC2)n1. The maximum absolute atomic E-state index is 9.21. The minimum Gasteiger partial charge on any atom is -0.396 e. The van der Waals surface area contributed by atoms with Crippen LogP contribution in [-0.4, -0.2) is 21.5 Å². The van der Waals surface area contributed by atoms with Gasteiger partial charge in [0, 0.05) is 12.8 Å². The summed E-state index contributed by atoms with van der Waals surface area (Å²) in [5.41, 5.74) is 1.14. The number of aromatic nitrogens is 2. The number of hydrogen-bond donors (Lipinski definition) is 1. The smallest absolute Gasteiger partial charge is 0.0628 e. The fraction of sp³-hybridized carbons (Fsp3) is 0.786. The van der Waals surface area contributed by atoms with Crippen LogP contribution >= 0.6 is 0 Å². The number of nitrogens with zero attached hydrogens (tertiary/aromatic N) is 2. The first-order chi connectivity index (χ1) is 8.33. The van der Waals surface area contributed by atoms with Crippen molar-refractivity contribution < 1.29 is 5.11 Å². The van der Waals surface area contributed by atoms with Crippen molar-refractivity contribution in [1.29, 1.82) is 0 Å². The van der Waals surface area contributed by atoms with Crippen molar-refractivity contribution in [2.75, 3.05) is 6.61 Å². The summed E-state index contributed by atoms with van der Waals surface area (Å²) in [6, 6.07) is 2.74. The van der Waals surface area contributed by atoms with Crippen molar-refractivity contribution in [1.82, 2.24) is 9.78 Å². The Bertz CT molecular complexity index is 325. The van der Waals surface area contributed by atoms with Crippen LogP contribution in [-0.2, 0) is 6.42 Å². The normalized spacial score (nSPS) is 19.4. The Labute approximate surface area is 104 Å². The molecule has 0 aromatic carbocycles. The van der Waals surface area contributed by atoms with Gasteiger partial charge in [-0.3, -0.25) is 4.68 Å². The Balaban J connectivity index is 1.94. The zero-order valence-corrected chi connectivity index (χ0v) is 10.8. The fourth-order valence-corrected chi connectivity index (χ4v) is 2.67. The van der Waals surface area contributed by atoms with Gasteiger partial charge < -0.3 is 5.11 Å². The molecule has 96 valence electrons. The molecule has 1 unspecified atom stereocenters. The van der Waals surface area contributed by atoms with Crippen LogP contribution in [0.1, 0.15) is 57.2 Å². The van der Waals surface area contributed by atoms with Gasteiger partial charge in [-0.15, -0.1) is 0 Å². The monoisotopic (exact) mass is 236 g/mol. The van der Waals surface area contributed by atoms with Crippen LogP contribution in [0.15, 0.2) is 12.3 Å². The molecule has 1 aromatic heterocycles. The molecule has 0 saturated heterocycles. The molecule has 0 radical (unpaired) electrons. The minimum absolute atomic E-state index is 0.271. The second kappa shape index (κ2) is 6.20. The summed E-state index contributed by atoms with van der Waals surface area (Å²) in [6.07, 6.45) is 10.7. The van der Waals surface area contributed by atoms with E-state index in [-0.39, 0.29) is 6.61 Å². The van der Waals surface area contributed by atoms with E-state index in [1.807, 2.05) is 0 Å². The lowest BCUT2D eigenvalue weighted by Gasteiger charge is -2.21. The third kappa shape index (κ3) is 3.32. The average molecular weight is 236 g/mol. The standard InChI is InChI=1S/C14H24N2O/c1-2-12(11-17)10-13-8-9-16(15-13)14-6-4-3-5-7-14/h8-9,12,14,17H,2-7,10-11H2,1H3. The Hall–Kier alpha value is -0.830. The highest BCUT2D eigenvalue weighted by Crippen LogP contribution is 2.27. The van der Waals surface area contributed by atoms with Crippen LogP contribution in [0.2, 0.25) is 0 Å². The molecular formula is C14H24N2O. The molecule has 1 saturated carbocycles. The molecule has 1 N–H and O–H groups in total. The second-order valence-electron chi connectivity index (χ2n) is 5.24. The van der Waals surface area contributed by atoms with Crippen LogP contribution in [0.5, 0.6) is 0 Å². The molecule has 17 heavy (non-hydrogen) atoms. The number of hydrogen-bond acceptors (Lipinski definition) is 2. The molecule has 1 aliphatic carbocycles. The highest BCUT2D eigenvalue weighted by atomic mass is 16.3. The molecule has 1 heterocycles. The molecule has 1 aromatic rings. The predicted octanol–water partition coefficient (Wildman–Crippen LogP) is 2.95. The molecule has 0 bridgehead atoms. The van der Waals surface area contributed by atoms with E-state index in [0.29, 0.717) is 12.0 Å². The predicted molar refractivity (Wildman–Crippen MR) is 68.9 cm³/mol. The first kappa shape index (κ1) is 12.6. The molecule has 1 fully saturated rings. The van der Waals surface area contributed by atoms with Gasteiger partial charge in [0.05, 0.1) is 11.7 Å². The first-order valence-electron chi connectivity index (χ1n) is 6.98. The van der Waals surface area contributed by atoms with Crippen molar-refractivity contribution >= 4 is 0 Å². The Morgan fingerprint density at radius 1 is 1.41 bits per heavy atom. The molecule has 1 atom stereocenters. The van der Waals surface area contributed by atoms with Gasteiger partial charge in [0.15, 0.2) is 0 Å². The summed E-state index contributed by atoms with van der Waals surface area (Å²) >= 11 is 0. The molecular weight excluding hydrogens is 212 g/mol. The van der Waals surface area contributed by atoms with Crippen molar-refractivity contribution in [2.24, 2.45) is 5.92 Å². The highest BCUT2D eigenvalue weighted by Gasteiger charge is 2.16. The Morgan fingerprint density at radius 3 is 2.82 bits per heavy atom. The van der Waals surface area contributed by atoms with Gasteiger partial charge in [0.1, 0.15) is 0 Å². The summed E-state index contributed by atoms with van der Waals surface area (Å²) in [5, 5.41) is 13.9. The number of aliphatic hydroxyl groups excluding tert-OH is 1. The van der Waals surface area contributed by atoms with E-state index in [4.69, 9.17) is 0 Å². The van der Waals surface area contributed by atoms with Gasteiger partial charge in [0.25, 0.3) is 0 Å². The van der Waals surface area contributed by atoms with Crippen molar-refractivity contribution in [3.05, 3.63) is 18.0 Å². The summed E-state index contributed by atoms with van der Waals surface area (Å²) in [7, 11) is 0. The van der Waals surface area contributed by atoms with E-state index >= 15 is 0 Å². The Morgan fingerprint density at radius 2 is 2.18 bits per heavy atom. The number of aliphatic hydroxyl groups is 1. The van der Waals surface area contributed by atoms with Gasteiger partial charge >= 0.3 is 0 Å². The van der Waals surface area contributed by atoms with Crippen molar-refractivity contribution in [3.8, 4) is 0 Å². The zero-order chi connectivity index (χ0) is 12.1. The largest absolute Gasteiger partial charge is 0.396 e. The second-order valence-corrected chi connectivity index (χ2v) is 5.24. The minimum atomic E-state index is 0.271. The van der Waals surface area contributed by atoms with Gasteiger partial charge in [-0.2, -0.15) is 5.10 Å². The summed E-state index contributed by atoms with van der Waals surface area (Å²) in [5.74, 6) is 0.365. The van der Waals surface area contributed by atoms with E-state index in [2.05, 4.69) is 29.0 Å². The lowest BCUT2D eigenvalue weighted by atomic mass is 9.96. The van der Waals surface area contributed by atoms with Crippen molar-refractivity contribution in [3.63, 3.8) is 0 Å². The van der Waals surface area contributed by atoms with Crippen LogP contribution in [0, 0.1) is 5.92 Å². The molecule has 0 aliphatic heterocycles. The van der Waals surface area contributed by atoms with Crippen LogP contribution < -0.4 is 0 Å². The highest BCUT2D eigenvalue weighted by molar-refractivity contribution is 5.01. The lowest BCUT2D eigenvalue weighted by Crippen LogP contribution is -2.14. The van der Waals surface area contributed by atoms with E-state index in [0.717, 1.165) is 18.5 Å². The maximum Gasteiger partial charge on any atom is 0.0628 e. The molecule has 3 heteroatoms. The molecule has 3 nitrogen and oxygen atoms in total. The fourth-order valence-electron chi connectivity index (χ4n) is 2.67. The summed E-state index contributed by atoms with van der Waals surface area (Å²) in [6.45, 7) is 2.39. The van der Waals surface area contributed by atoms with E-state index in [1.165, 1.54) is 32.1 Å². The molecule has 0 amide bonds. The third-order valence-corrected chi connectivity index (χ3v) is 3.95. The summed E-state index contributed by atoms with van der Waals surface area (Å²) < 4.78 is 2.15. The molecule has 1 aliphatic rings. The zero-order valence-electron chi connectivity index (χ0n) is 10.8. The molecule has 0 spiro atoms. The average Bonchev–Trinajstić information content (AvgIpc) is 2.85. The van der Waals surface area contributed by atoms with Crippen LogP contribution in [0.4, 0.5) is 0 Å². The summed E-state index contributed by atoms with van der Waals surface area (Å²) in [4.78, 5) is 0.